The third-order valence-electron chi connectivity index (χ3n) is 3.63. The molecule has 2 fully saturated rings. The summed E-state index contributed by atoms with van der Waals surface area (Å²) in [5.41, 5.74) is 0.511. The summed E-state index contributed by atoms with van der Waals surface area (Å²) in [6.45, 7) is 1.85. The Labute approximate surface area is 129 Å². The molecule has 0 aromatic carbocycles. The van der Waals surface area contributed by atoms with Crippen LogP contribution in [0.5, 0.6) is 0 Å². The zero-order valence-corrected chi connectivity index (χ0v) is 12.6. The SMILES string of the molecule is Cl.Cl.O=C(NCC1CNCC1O)c1cnc(C2CC2)[nH]1. The Morgan fingerprint density at radius 1 is 1.40 bits per heavy atom. The number of carbonyl (C=O) groups is 1. The summed E-state index contributed by atoms with van der Waals surface area (Å²) in [6.07, 6.45) is 3.55. The van der Waals surface area contributed by atoms with Gasteiger partial charge in [0.15, 0.2) is 0 Å². The van der Waals surface area contributed by atoms with Gasteiger partial charge < -0.3 is 20.7 Å². The first-order valence-corrected chi connectivity index (χ1v) is 6.46. The molecule has 2 heterocycles. The monoisotopic (exact) mass is 322 g/mol. The molecule has 2 aliphatic rings. The van der Waals surface area contributed by atoms with Crippen LogP contribution in [-0.2, 0) is 0 Å². The zero-order chi connectivity index (χ0) is 12.5. The minimum Gasteiger partial charge on any atom is -0.391 e. The van der Waals surface area contributed by atoms with Crippen molar-refractivity contribution in [3.8, 4) is 0 Å². The van der Waals surface area contributed by atoms with Crippen LogP contribution in [0.2, 0.25) is 0 Å². The third kappa shape index (κ3) is 3.85. The van der Waals surface area contributed by atoms with Gasteiger partial charge in [-0.3, -0.25) is 4.79 Å². The van der Waals surface area contributed by atoms with E-state index in [2.05, 4.69) is 20.6 Å². The average molecular weight is 323 g/mol. The maximum atomic E-state index is 11.9. The van der Waals surface area contributed by atoms with E-state index in [-0.39, 0.29) is 42.7 Å². The van der Waals surface area contributed by atoms with E-state index in [9.17, 15) is 9.90 Å². The topological polar surface area (TPSA) is 90.0 Å². The van der Waals surface area contributed by atoms with Crippen molar-refractivity contribution < 1.29 is 9.90 Å². The number of amides is 1. The predicted molar refractivity (Wildman–Crippen MR) is 79.8 cm³/mol. The van der Waals surface area contributed by atoms with E-state index in [4.69, 9.17) is 0 Å². The summed E-state index contributed by atoms with van der Waals surface area (Å²) < 4.78 is 0. The Morgan fingerprint density at radius 2 is 2.15 bits per heavy atom. The van der Waals surface area contributed by atoms with Gasteiger partial charge in [-0.1, -0.05) is 0 Å². The highest BCUT2D eigenvalue weighted by Gasteiger charge is 2.28. The van der Waals surface area contributed by atoms with Crippen LogP contribution < -0.4 is 10.6 Å². The van der Waals surface area contributed by atoms with E-state index in [1.54, 1.807) is 6.20 Å². The largest absolute Gasteiger partial charge is 0.391 e. The molecule has 2 atom stereocenters. The molecule has 8 heteroatoms. The number of imidazole rings is 1. The Bertz CT molecular complexity index is 450. The lowest BCUT2D eigenvalue weighted by molar-refractivity contribution is 0.0922. The highest BCUT2D eigenvalue weighted by Crippen LogP contribution is 2.38. The fraction of sp³-hybridized carbons (Fsp3) is 0.667. The number of aromatic amines is 1. The van der Waals surface area contributed by atoms with Crippen molar-refractivity contribution in [2.75, 3.05) is 19.6 Å². The van der Waals surface area contributed by atoms with Crippen molar-refractivity contribution in [1.29, 1.82) is 0 Å². The second-order valence-electron chi connectivity index (χ2n) is 5.15. The Balaban J connectivity index is 0.000001000. The van der Waals surface area contributed by atoms with Gasteiger partial charge in [0.05, 0.1) is 12.3 Å². The minimum atomic E-state index is -0.367. The van der Waals surface area contributed by atoms with Crippen molar-refractivity contribution >= 4 is 30.7 Å². The number of hydrogen-bond donors (Lipinski definition) is 4. The highest BCUT2D eigenvalue weighted by molar-refractivity contribution is 5.92. The second kappa shape index (κ2) is 7.26. The fourth-order valence-electron chi connectivity index (χ4n) is 2.26. The lowest BCUT2D eigenvalue weighted by Gasteiger charge is -2.13. The summed E-state index contributed by atoms with van der Waals surface area (Å²) >= 11 is 0. The van der Waals surface area contributed by atoms with E-state index in [1.165, 1.54) is 0 Å². The van der Waals surface area contributed by atoms with Crippen LogP contribution in [0.4, 0.5) is 0 Å². The Hall–Kier alpha value is -0.820. The molecule has 2 unspecified atom stereocenters. The number of nitrogens with one attached hydrogen (secondary N) is 3. The fourth-order valence-corrected chi connectivity index (χ4v) is 2.26. The average Bonchev–Trinajstić information content (AvgIpc) is 2.95. The van der Waals surface area contributed by atoms with Crippen LogP contribution in [0, 0.1) is 5.92 Å². The Kier molecular flexibility index (Phi) is 6.26. The highest BCUT2D eigenvalue weighted by atomic mass is 35.5. The van der Waals surface area contributed by atoms with E-state index in [0.29, 0.717) is 24.7 Å². The number of aliphatic hydroxyl groups is 1. The van der Waals surface area contributed by atoms with Gasteiger partial charge >= 0.3 is 0 Å². The lowest BCUT2D eigenvalue weighted by Crippen LogP contribution is -2.34. The summed E-state index contributed by atoms with van der Waals surface area (Å²) in [5.74, 6) is 1.39. The Morgan fingerprint density at radius 3 is 2.75 bits per heavy atom. The smallest absolute Gasteiger partial charge is 0.269 e. The second-order valence-corrected chi connectivity index (χ2v) is 5.15. The quantitative estimate of drug-likeness (QED) is 0.647. The summed E-state index contributed by atoms with van der Waals surface area (Å²) in [4.78, 5) is 19.2. The van der Waals surface area contributed by atoms with Crippen LogP contribution in [0.3, 0.4) is 0 Å². The van der Waals surface area contributed by atoms with Crippen LogP contribution in [0.25, 0.3) is 0 Å². The number of hydrogen-bond acceptors (Lipinski definition) is 4. The van der Waals surface area contributed by atoms with Crippen molar-refractivity contribution in [1.82, 2.24) is 20.6 Å². The molecular formula is C12H20Cl2N4O2. The van der Waals surface area contributed by atoms with Gasteiger partial charge in [-0.2, -0.15) is 0 Å². The molecule has 1 aromatic heterocycles. The van der Waals surface area contributed by atoms with Crippen LogP contribution in [0.1, 0.15) is 35.1 Å². The molecule has 6 nitrogen and oxygen atoms in total. The van der Waals surface area contributed by atoms with Crippen LogP contribution in [0.15, 0.2) is 6.20 Å². The van der Waals surface area contributed by atoms with Crippen molar-refractivity contribution in [2.24, 2.45) is 5.92 Å². The number of rotatable bonds is 4. The maximum Gasteiger partial charge on any atom is 0.269 e. The normalized spacial score (nSPS) is 24.6. The molecule has 0 radical (unpaired) electrons. The molecule has 1 saturated carbocycles. The maximum absolute atomic E-state index is 11.9. The number of nitrogens with zero attached hydrogens (tertiary/aromatic N) is 1. The molecule has 114 valence electrons. The molecule has 0 bridgehead atoms. The van der Waals surface area contributed by atoms with Crippen molar-refractivity contribution in [3.05, 3.63) is 17.7 Å². The van der Waals surface area contributed by atoms with E-state index in [1.807, 2.05) is 0 Å². The summed E-state index contributed by atoms with van der Waals surface area (Å²) in [7, 11) is 0. The number of aromatic nitrogens is 2. The standard InChI is InChI=1S/C12H18N4O2.2ClH/c17-10-6-13-3-8(10)4-15-12(18)9-5-14-11(16-9)7-1-2-7;;/h5,7-8,10,13,17H,1-4,6H2,(H,14,16)(H,15,18);2*1H. The van der Waals surface area contributed by atoms with Gasteiger partial charge in [-0.15, -0.1) is 24.8 Å². The lowest BCUT2D eigenvalue weighted by atomic mass is 10.1. The number of H-pyrrole nitrogens is 1. The molecule has 20 heavy (non-hydrogen) atoms. The molecular weight excluding hydrogens is 303 g/mol. The summed E-state index contributed by atoms with van der Waals surface area (Å²) in [6, 6.07) is 0. The van der Waals surface area contributed by atoms with Crippen LogP contribution >= 0.6 is 24.8 Å². The summed E-state index contributed by atoms with van der Waals surface area (Å²) in [5, 5.41) is 15.5. The van der Waals surface area contributed by atoms with Gasteiger partial charge in [0, 0.05) is 31.5 Å². The van der Waals surface area contributed by atoms with E-state index < -0.39 is 0 Å². The number of β-amino-alcohol motifs (C(OH)–C–C–N with tert-alkyl or cyclic N) is 1. The first-order valence-electron chi connectivity index (χ1n) is 6.46. The van der Waals surface area contributed by atoms with Gasteiger partial charge in [0.2, 0.25) is 0 Å². The number of halogens is 2. The minimum absolute atomic E-state index is 0. The van der Waals surface area contributed by atoms with E-state index in [0.717, 1.165) is 25.2 Å². The predicted octanol–water partition coefficient (Wildman–Crippen LogP) is 0.441. The van der Waals surface area contributed by atoms with Gasteiger partial charge in [0.25, 0.3) is 5.91 Å². The molecule has 3 rings (SSSR count). The molecule has 1 saturated heterocycles. The van der Waals surface area contributed by atoms with E-state index >= 15 is 0 Å². The molecule has 4 N–H and O–H groups in total. The first-order chi connectivity index (χ1) is 8.74. The van der Waals surface area contributed by atoms with Crippen molar-refractivity contribution in [3.63, 3.8) is 0 Å². The zero-order valence-electron chi connectivity index (χ0n) is 11.0. The van der Waals surface area contributed by atoms with Crippen LogP contribution in [-0.4, -0.2) is 46.7 Å². The molecule has 1 aliphatic heterocycles. The first kappa shape index (κ1) is 17.2. The molecule has 1 aliphatic carbocycles. The van der Waals surface area contributed by atoms with Gasteiger partial charge in [-0.05, 0) is 12.8 Å². The van der Waals surface area contributed by atoms with Gasteiger partial charge in [-0.25, -0.2) is 4.98 Å². The molecule has 1 aromatic rings. The number of carbonyl (C=O) groups excluding carboxylic acids is 1. The third-order valence-corrected chi connectivity index (χ3v) is 3.63. The van der Waals surface area contributed by atoms with Gasteiger partial charge in [0.1, 0.15) is 11.5 Å². The molecule has 1 amide bonds. The van der Waals surface area contributed by atoms with Crippen molar-refractivity contribution in [2.45, 2.75) is 24.9 Å². The molecule has 0 spiro atoms. The number of aliphatic hydroxyl groups excluding tert-OH is 1.